The third-order valence-electron chi connectivity index (χ3n) is 12.4. The number of H-pyrrole nitrogens is 1. The van der Waals surface area contributed by atoms with Crippen LogP contribution in [0.1, 0.15) is 98.2 Å². The van der Waals surface area contributed by atoms with Crippen LogP contribution in [-0.2, 0) is 20.3 Å². The summed E-state index contributed by atoms with van der Waals surface area (Å²) in [5.41, 5.74) is 7.85. The number of aromatic nitrogens is 2. The molecule has 0 radical (unpaired) electrons. The second kappa shape index (κ2) is 17.6. The molecule has 1 aromatic heterocycles. The van der Waals surface area contributed by atoms with Gasteiger partial charge >= 0.3 is 0 Å². The fourth-order valence-electron chi connectivity index (χ4n) is 8.10. The lowest BCUT2D eigenvalue weighted by molar-refractivity contribution is -0.125. The summed E-state index contributed by atoms with van der Waals surface area (Å²) in [7, 11) is -2.63. The Morgan fingerprint density at radius 2 is 1.44 bits per heavy atom. The Hall–Kier alpha value is -5.97. The van der Waals surface area contributed by atoms with E-state index in [1.807, 2.05) is 42.5 Å². The van der Waals surface area contributed by atoms with Gasteiger partial charge in [0.1, 0.15) is 11.6 Å². The van der Waals surface area contributed by atoms with Crippen molar-refractivity contribution >= 4 is 44.6 Å². The number of benzene rings is 5. The molecule has 6 aromatic rings. The molecule has 2 aliphatic carbocycles. The van der Waals surface area contributed by atoms with Gasteiger partial charge in [0.15, 0.2) is 17.3 Å². The van der Waals surface area contributed by atoms with Gasteiger partial charge in [0.25, 0.3) is 10.1 Å². The standard InChI is InChI=1S/C20H22O3.C18H22O.C13H10N2O3S/c1-20(2,3)16-9-5-14(6-10-16)18(21)13-19(22)15-7-11-17(23-4)12-8-15;1-12-5-7-13(8-6-12)11-14-15-9-10-18(4,16(14)19)17(15,2)3;16-19(17,18)10-6-7-11-12(8-10)15-13(14-11)9-4-2-1-3-5-9/h5-12H,13H2,1-4H3;5-8,11,15H,9-10H2,1-4H3;1-8H,(H,14,15)(H,16,17,18). The van der Waals surface area contributed by atoms with E-state index in [-0.39, 0.29) is 39.1 Å². The van der Waals surface area contributed by atoms with Gasteiger partial charge in [-0.2, -0.15) is 8.42 Å². The van der Waals surface area contributed by atoms with Gasteiger partial charge < -0.3 is 9.72 Å². The van der Waals surface area contributed by atoms with Crippen molar-refractivity contribution in [3.63, 3.8) is 0 Å². The lowest BCUT2D eigenvalue weighted by Gasteiger charge is -2.31. The Balaban J connectivity index is 0.000000154. The lowest BCUT2D eigenvalue weighted by Crippen LogP contribution is -2.32. The average molecular weight is 839 g/mol. The summed E-state index contributed by atoms with van der Waals surface area (Å²) in [5.74, 6) is 1.82. The van der Waals surface area contributed by atoms with E-state index in [4.69, 9.17) is 9.29 Å². The van der Waals surface area contributed by atoms with E-state index < -0.39 is 10.1 Å². The van der Waals surface area contributed by atoms with Crippen LogP contribution in [0.4, 0.5) is 0 Å². The van der Waals surface area contributed by atoms with Crippen LogP contribution in [0, 0.1) is 23.7 Å². The highest BCUT2D eigenvalue weighted by Gasteiger charge is 2.63. The number of hydrogen-bond acceptors (Lipinski definition) is 7. The minimum Gasteiger partial charge on any atom is -0.497 e. The molecular weight excluding hydrogens is 785 g/mol. The van der Waals surface area contributed by atoms with Crippen molar-refractivity contribution in [1.82, 2.24) is 9.97 Å². The van der Waals surface area contributed by atoms with Crippen molar-refractivity contribution in [3.8, 4) is 17.1 Å². The first-order valence-corrected chi connectivity index (χ1v) is 21.8. The van der Waals surface area contributed by atoms with Gasteiger partial charge in [-0.05, 0) is 102 Å². The Morgan fingerprint density at radius 1 is 0.852 bits per heavy atom. The van der Waals surface area contributed by atoms with E-state index >= 15 is 0 Å². The van der Waals surface area contributed by atoms with Gasteiger partial charge in [-0.3, -0.25) is 18.9 Å². The predicted molar refractivity (Wildman–Crippen MR) is 242 cm³/mol. The molecule has 2 saturated carbocycles. The SMILES string of the molecule is COc1ccc(C(=O)CC(=O)c2ccc(C(C)(C)C)cc2)cc1.Cc1ccc(C=C2C(=O)C3(C)CCC2C3(C)C)cc1.O=S(=O)(O)c1ccc2nc(-c3ccccc3)[nH]c2c1. The zero-order valence-corrected chi connectivity index (χ0v) is 36.9. The molecule has 0 aliphatic heterocycles. The zero-order chi connectivity index (χ0) is 44.3. The number of allylic oxidation sites excluding steroid dienone is 1. The van der Waals surface area contributed by atoms with E-state index in [2.05, 4.69) is 88.8 Å². The topological polar surface area (TPSA) is 143 Å². The van der Waals surface area contributed by atoms with E-state index in [1.165, 1.54) is 17.7 Å². The lowest BCUT2D eigenvalue weighted by atomic mass is 9.70. The number of ketones is 3. The van der Waals surface area contributed by atoms with Crippen molar-refractivity contribution in [2.45, 2.75) is 78.0 Å². The first-order chi connectivity index (χ1) is 28.7. The number of carbonyl (C=O) groups is 3. The Morgan fingerprint density at radius 3 is 1.97 bits per heavy atom. The number of fused-ring (bicyclic) bond motifs is 3. The normalized spacial score (nSPS) is 18.5. The molecule has 0 saturated heterocycles. The highest BCUT2D eigenvalue weighted by atomic mass is 32.2. The molecule has 1 heterocycles. The number of ether oxygens (including phenoxy) is 1. The molecule has 61 heavy (non-hydrogen) atoms. The number of hydrogen-bond donors (Lipinski definition) is 2. The number of nitrogens with one attached hydrogen (secondary N) is 1. The van der Waals surface area contributed by atoms with Crippen LogP contribution >= 0.6 is 0 Å². The smallest absolute Gasteiger partial charge is 0.294 e. The number of imidazole rings is 1. The largest absolute Gasteiger partial charge is 0.497 e. The van der Waals surface area contributed by atoms with E-state index in [9.17, 15) is 22.8 Å². The van der Waals surface area contributed by atoms with Crippen LogP contribution in [0.25, 0.3) is 28.5 Å². The molecule has 2 fully saturated rings. The highest BCUT2D eigenvalue weighted by molar-refractivity contribution is 7.85. The van der Waals surface area contributed by atoms with Crippen LogP contribution in [0.2, 0.25) is 0 Å². The molecule has 316 valence electrons. The molecule has 8 rings (SSSR count). The summed E-state index contributed by atoms with van der Waals surface area (Å²) in [6, 6.07) is 36.5. The molecule has 10 heteroatoms. The summed E-state index contributed by atoms with van der Waals surface area (Å²) in [6.45, 7) is 15.1. The van der Waals surface area contributed by atoms with Gasteiger partial charge in [0.2, 0.25) is 0 Å². The van der Waals surface area contributed by atoms with Gasteiger partial charge in [0.05, 0.1) is 29.5 Å². The van der Waals surface area contributed by atoms with Crippen LogP contribution in [0.15, 0.2) is 132 Å². The molecule has 0 spiro atoms. The maximum atomic E-state index is 12.7. The highest BCUT2D eigenvalue weighted by Crippen LogP contribution is 2.65. The number of methoxy groups -OCH3 is 1. The van der Waals surface area contributed by atoms with Crippen LogP contribution in [0.5, 0.6) is 5.75 Å². The van der Waals surface area contributed by atoms with Crippen molar-refractivity contribution in [2.24, 2.45) is 16.7 Å². The number of nitrogens with zero attached hydrogens (tertiary/aromatic N) is 1. The molecule has 2 atom stereocenters. The molecular formula is C51H54N2O7S. The van der Waals surface area contributed by atoms with E-state index in [0.29, 0.717) is 45.4 Å². The Bertz CT molecular complexity index is 2690. The van der Waals surface area contributed by atoms with Gasteiger partial charge in [-0.25, -0.2) is 4.98 Å². The number of rotatable bonds is 8. The monoisotopic (exact) mass is 838 g/mol. The van der Waals surface area contributed by atoms with Crippen LogP contribution < -0.4 is 4.74 Å². The fraction of sp³-hybridized carbons (Fsp3) is 0.294. The second-order valence-corrected chi connectivity index (χ2v) is 19.1. The van der Waals surface area contributed by atoms with Crippen molar-refractivity contribution in [1.29, 1.82) is 0 Å². The molecule has 5 aromatic carbocycles. The van der Waals surface area contributed by atoms with Gasteiger partial charge in [-0.15, -0.1) is 0 Å². The number of carbonyl (C=O) groups excluding carboxylic acids is 3. The number of Topliss-reactive ketones (excluding diaryl/α,β-unsaturated/α-hetero) is 3. The molecule has 0 amide bonds. The summed E-state index contributed by atoms with van der Waals surface area (Å²) < 4.78 is 36.2. The van der Waals surface area contributed by atoms with Crippen molar-refractivity contribution in [2.75, 3.05) is 7.11 Å². The molecule has 2 bridgehead atoms. The Kier molecular flexibility index (Phi) is 12.8. The third-order valence-corrected chi connectivity index (χ3v) is 13.2. The predicted octanol–water partition coefficient (Wildman–Crippen LogP) is 11.3. The zero-order valence-electron chi connectivity index (χ0n) is 36.1. The minimum absolute atomic E-state index is 0.0422. The van der Waals surface area contributed by atoms with Gasteiger partial charge in [0, 0.05) is 22.1 Å². The minimum atomic E-state index is -4.20. The van der Waals surface area contributed by atoms with Crippen molar-refractivity contribution in [3.05, 3.63) is 155 Å². The Labute approximate surface area is 359 Å². The average Bonchev–Trinajstić information content (AvgIpc) is 3.81. The van der Waals surface area contributed by atoms with Crippen molar-refractivity contribution < 1.29 is 32.1 Å². The second-order valence-electron chi connectivity index (χ2n) is 17.7. The van der Waals surface area contributed by atoms with E-state index in [1.54, 1.807) is 49.6 Å². The summed E-state index contributed by atoms with van der Waals surface area (Å²) >= 11 is 0. The molecule has 9 nitrogen and oxygen atoms in total. The van der Waals surface area contributed by atoms with Gasteiger partial charge in [-0.1, -0.05) is 126 Å². The quantitative estimate of drug-likeness (QED) is 0.0667. The first kappa shape index (κ1) is 44.6. The summed E-state index contributed by atoms with van der Waals surface area (Å²) in [4.78, 5) is 44.4. The maximum absolute atomic E-state index is 12.7. The fourth-order valence-corrected chi connectivity index (χ4v) is 8.61. The number of aromatic amines is 1. The third kappa shape index (κ3) is 9.82. The first-order valence-electron chi connectivity index (χ1n) is 20.4. The molecule has 2 aliphatic rings. The van der Waals surface area contributed by atoms with E-state index in [0.717, 1.165) is 35.1 Å². The molecule has 2 unspecified atom stereocenters. The number of aryl methyl sites for hydroxylation is 1. The van der Waals surface area contributed by atoms with Crippen LogP contribution in [0.3, 0.4) is 0 Å². The van der Waals surface area contributed by atoms with Crippen LogP contribution in [-0.4, -0.2) is 47.4 Å². The summed E-state index contributed by atoms with van der Waals surface area (Å²) in [6.07, 6.45) is 4.21. The maximum Gasteiger partial charge on any atom is 0.294 e. The molecule has 2 N–H and O–H groups in total. The summed E-state index contributed by atoms with van der Waals surface area (Å²) in [5, 5.41) is 0.